The summed E-state index contributed by atoms with van der Waals surface area (Å²) in [5.74, 6) is -0.699. The highest BCUT2D eigenvalue weighted by atomic mass is 32.2. The Kier molecular flexibility index (Phi) is 7.03. The average molecular weight is 368 g/mol. The van der Waals surface area contributed by atoms with Crippen LogP contribution in [0.25, 0.3) is 0 Å². The lowest BCUT2D eigenvalue weighted by Crippen LogP contribution is -2.34. The van der Waals surface area contributed by atoms with E-state index in [1.54, 1.807) is 4.90 Å². The average Bonchev–Trinajstić information content (AvgIpc) is 2.47. The van der Waals surface area contributed by atoms with E-state index >= 15 is 0 Å². The Morgan fingerprint density at radius 2 is 1.71 bits per heavy atom. The van der Waals surface area contributed by atoms with E-state index in [2.05, 4.69) is 9.46 Å². The van der Waals surface area contributed by atoms with E-state index < -0.39 is 22.1 Å². The topological polar surface area (TPSA) is 75.7 Å². The molecule has 0 aliphatic rings. The SMILES string of the molecule is CCN(CC)C(=O)CCNS(=O)(=O)c1ccc(OC(F)(F)F)cc1. The van der Waals surface area contributed by atoms with Crippen LogP contribution in [0.1, 0.15) is 20.3 Å². The van der Waals surface area contributed by atoms with Gasteiger partial charge >= 0.3 is 6.36 Å². The van der Waals surface area contributed by atoms with Gasteiger partial charge in [0.05, 0.1) is 4.90 Å². The molecule has 1 aromatic carbocycles. The number of sulfonamides is 1. The number of rotatable bonds is 8. The third-order valence-corrected chi connectivity index (χ3v) is 4.59. The summed E-state index contributed by atoms with van der Waals surface area (Å²) in [7, 11) is -3.91. The Morgan fingerprint density at radius 1 is 1.17 bits per heavy atom. The fraction of sp³-hybridized carbons (Fsp3) is 0.500. The lowest BCUT2D eigenvalue weighted by molar-refractivity contribution is -0.274. The van der Waals surface area contributed by atoms with Crippen LogP contribution in [0.3, 0.4) is 0 Å². The van der Waals surface area contributed by atoms with Gasteiger partial charge in [-0.3, -0.25) is 4.79 Å². The van der Waals surface area contributed by atoms with Crippen molar-refractivity contribution in [2.24, 2.45) is 0 Å². The van der Waals surface area contributed by atoms with E-state index in [9.17, 15) is 26.4 Å². The van der Waals surface area contributed by atoms with Gasteiger partial charge in [0.15, 0.2) is 0 Å². The van der Waals surface area contributed by atoms with Crippen molar-refractivity contribution < 1.29 is 31.1 Å². The fourth-order valence-electron chi connectivity index (χ4n) is 1.93. The van der Waals surface area contributed by atoms with Gasteiger partial charge in [0, 0.05) is 26.1 Å². The molecule has 24 heavy (non-hydrogen) atoms. The molecule has 136 valence electrons. The number of carbonyl (C=O) groups is 1. The minimum atomic E-state index is -4.84. The second kappa shape index (κ2) is 8.34. The number of hydrogen-bond acceptors (Lipinski definition) is 4. The first-order chi connectivity index (χ1) is 11.1. The zero-order valence-corrected chi connectivity index (χ0v) is 14.1. The summed E-state index contributed by atoms with van der Waals surface area (Å²) >= 11 is 0. The van der Waals surface area contributed by atoms with Crippen molar-refractivity contribution in [1.29, 1.82) is 0 Å². The van der Waals surface area contributed by atoms with E-state index in [4.69, 9.17) is 0 Å². The molecule has 0 saturated carbocycles. The summed E-state index contributed by atoms with van der Waals surface area (Å²) in [5.41, 5.74) is 0. The summed E-state index contributed by atoms with van der Waals surface area (Å²) in [6, 6.07) is 3.80. The molecule has 0 aromatic heterocycles. The van der Waals surface area contributed by atoms with Crippen molar-refractivity contribution in [2.75, 3.05) is 19.6 Å². The van der Waals surface area contributed by atoms with E-state index in [1.807, 2.05) is 13.8 Å². The van der Waals surface area contributed by atoms with Gasteiger partial charge in [0.25, 0.3) is 0 Å². The van der Waals surface area contributed by atoms with Gasteiger partial charge in [-0.25, -0.2) is 13.1 Å². The molecule has 6 nitrogen and oxygen atoms in total. The van der Waals surface area contributed by atoms with E-state index in [0.29, 0.717) is 13.1 Å². The largest absolute Gasteiger partial charge is 0.573 e. The number of alkyl halides is 3. The highest BCUT2D eigenvalue weighted by Crippen LogP contribution is 2.23. The highest BCUT2D eigenvalue weighted by molar-refractivity contribution is 7.89. The van der Waals surface area contributed by atoms with Crippen molar-refractivity contribution in [1.82, 2.24) is 9.62 Å². The van der Waals surface area contributed by atoms with Gasteiger partial charge in [-0.05, 0) is 38.1 Å². The zero-order valence-electron chi connectivity index (χ0n) is 13.3. The predicted octanol–water partition coefficient (Wildman–Crippen LogP) is 2.12. The van der Waals surface area contributed by atoms with Gasteiger partial charge in [-0.15, -0.1) is 13.2 Å². The van der Waals surface area contributed by atoms with Crippen molar-refractivity contribution >= 4 is 15.9 Å². The van der Waals surface area contributed by atoms with Crippen LogP contribution in [0.2, 0.25) is 0 Å². The number of hydrogen-bond donors (Lipinski definition) is 1. The number of ether oxygens (including phenoxy) is 1. The first-order valence-electron chi connectivity index (χ1n) is 7.22. The fourth-order valence-corrected chi connectivity index (χ4v) is 2.96. The smallest absolute Gasteiger partial charge is 0.406 e. The maximum Gasteiger partial charge on any atom is 0.573 e. The van der Waals surface area contributed by atoms with Crippen LogP contribution in [-0.4, -0.2) is 45.2 Å². The number of carbonyl (C=O) groups excluding carboxylic acids is 1. The zero-order chi connectivity index (χ0) is 18.4. The molecule has 0 bridgehead atoms. The predicted molar refractivity (Wildman–Crippen MR) is 80.9 cm³/mol. The number of amides is 1. The third-order valence-electron chi connectivity index (χ3n) is 3.11. The molecule has 10 heteroatoms. The first kappa shape index (κ1) is 20.2. The van der Waals surface area contributed by atoms with Crippen molar-refractivity contribution in [3.8, 4) is 5.75 Å². The standard InChI is InChI=1S/C14H19F3N2O4S/c1-3-19(4-2)13(20)9-10-18-24(21,22)12-7-5-11(6-8-12)23-14(15,16)17/h5-8,18H,3-4,9-10H2,1-2H3. The van der Waals surface area contributed by atoms with Crippen LogP contribution < -0.4 is 9.46 Å². The van der Waals surface area contributed by atoms with Crippen molar-refractivity contribution in [2.45, 2.75) is 31.5 Å². The maximum atomic E-state index is 12.1. The number of benzene rings is 1. The van der Waals surface area contributed by atoms with Crippen molar-refractivity contribution in [3.05, 3.63) is 24.3 Å². The van der Waals surface area contributed by atoms with Gasteiger partial charge in [-0.1, -0.05) is 0 Å². The molecule has 1 N–H and O–H groups in total. The van der Waals surface area contributed by atoms with Crippen LogP contribution in [0, 0.1) is 0 Å². The van der Waals surface area contributed by atoms with Crippen LogP contribution in [0.5, 0.6) is 5.75 Å². The lowest BCUT2D eigenvalue weighted by atomic mass is 10.3. The molecule has 0 aliphatic carbocycles. The maximum absolute atomic E-state index is 12.1. The molecule has 0 heterocycles. The molecular formula is C14H19F3N2O4S. The van der Waals surface area contributed by atoms with Crippen LogP contribution in [-0.2, 0) is 14.8 Å². The summed E-state index contributed by atoms with van der Waals surface area (Å²) in [5, 5.41) is 0. The van der Waals surface area contributed by atoms with Gasteiger partial charge in [-0.2, -0.15) is 0 Å². The van der Waals surface area contributed by atoms with E-state index in [-0.39, 0.29) is 23.8 Å². The second-order valence-corrected chi connectivity index (χ2v) is 6.50. The first-order valence-corrected chi connectivity index (χ1v) is 8.70. The second-order valence-electron chi connectivity index (χ2n) is 4.73. The Hall–Kier alpha value is -1.81. The monoisotopic (exact) mass is 368 g/mol. The Morgan fingerprint density at radius 3 is 2.17 bits per heavy atom. The summed E-state index contributed by atoms with van der Waals surface area (Å²) in [6.07, 6.45) is -4.85. The molecule has 1 aromatic rings. The van der Waals surface area contributed by atoms with Crippen LogP contribution >= 0.6 is 0 Å². The molecule has 0 atom stereocenters. The normalized spacial score (nSPS) is 12.0. The third kappa shape index (κ3) is 6.36. The van der Waals surface area contributed by atoms with Crippen LogP contribution in [0.4, 0.5) is 13.2 Å². The number of nitrogens with one attached hydrogen (secondary N) is 1. The van der Waals surface area contributed by atoms with Crippen LogP contribution in [0.15, 0.2) is 29.2 Å². The summed E-state index contributed by atoms with van der Waals surface area (Å²) < 4.78 is 66.1. The number of nitrogens with zero attached hydrogens (tertiary/aromatic N) is 1. The minimum absolute atomic E-state index is 0.00379. The molecular weight excluding hydrogens is 349 g/mol. The summed E-state index contributed by atoms with van der Waals surface area (Å²) in [6.45, 7) is 4.59. The lowest BCUT2D eigenvalue weighted by Gasteiger charge is -2.18. The Bertz CT molecular complexity index is 641. The Labute approximate surface area is 138 Å². The van der Waals surface area contributed by atoms with Crippen molar-refractivity contribution in [3.63, 3.8) is 0 Å². The van der Waals surface area contributed by atoms with E-state index in [1.165, 1.54) is 0 Å². The molecule has 0 spiro atoms. The van der Waals surface area contributed by atoms with Gasteiger partial charge in [0.1, 0.15) is 5.75 Å². The highest BCUT2D eigenvalue weighted by Gasteiger charge is 2.31. The van der Waals surface area contributed by atoms with E-state index in [0.717, 1.165) is 24.3 Å². The van der Waals surface area contributed by atoms with Gasteiger partial charge < -0.3 is 9.64 Å². The molecule has 1 amide bonds. The molecule has 0 saturated heterocycles. The minimum Gasteiger partial charge on any atom is -0.406 e. The molecule has 0 fully saturated rings. The summed E-state index contributed by atoms with van der Waals surface area (Å²) in [4.78, 5) is 13.1. The molecule has 0 unspecified atom stereocenters. The molecule has 0 radical (unpaired) electrons. The van der Waals surface area contributed by atoms with Gasteiger partial charge in [0.2, 0.25) is 15.9 Å². The number of halogens is 3. The molecule has 0 aliphatic heterocycles. The quantitative estimate of drug-likeness (QED) is 0.763. The Balaban J connectivity index is 2.64. The molecule has 1 rings (SSSR count).